The van der Waals surface area contributed by atoms with Gasteiger partial charge in [-0.2, -0.15) is 0 Å². The molecule has 0 bridgehead atoms. The molecule has 0 aliphatic carbocycles. The Morgan fingerprint density at radius 2 is 1.75 bits per heavy atom. The molecule has 3 rings (SSSR count). The minimum absolute atomic E-state index is 0.0748. The molecule has 0 saturated carbocycles. The van der Waals surface area contributed by atoms with Crippen LogP contribution in [0.3, 0.4) is 0 Å². The summed E-state index contributed by atoms with van der Waals surface area (Å²) in [5, 5.41) is 2.87. The van der Waals surface area contributed by atoms with Crippen LogP contribution in [0, 0.1) is 17.5 Å². The first kappa shape index (κ1) is 13.0. The van der Waals surface area contributed by atoms with Crippen molar-refractivity contribution in [1.82, 2.24) is 0 Å². The van der Waals surface area contributed by atoms with Gasteiger partial charge in [-0.1, -0.05) is 24.3 Å². The van der Waals surface area contributed by atoms with E-state index in [1.807, 2.05) is 24.3 Å². The van der Waals surface area contributed by atoms with Crippen LogP contribution in [-0.4, -0.2) is 6.61 Å². The quantitative estimate of drug-likeness (QED) is 0.844. The second kappa shape index (κ2) is 5.17. The Kier molecular flexibility index (Phi) is 3.36. The van der Waals surface area contributed by atoms with Crippen molar-refractivity contribution in [3.8, 4) is 0 Å². The van der Waals surface area contributed by atoms with Gasteiger partial charge in [0.05, 0.1) is 24.9 Å². The number of hydrogen-bond acceptors (Lipinski definition) is 2. The highest BCUT2D eigenvalue weighted by molar-refractivity contribution is 5.48. The standard InChI is InChI=1S/C15H12F3NO/c16-11-5-13(18)14(6-12(11)17)19-15-8-20-7-9-3-1-2-4-10(9)15/h1-6,15,19H,7-8H2. The number of rotatable bonds is 2. The topological polar surface area (TPSA) is 21.3 Å². The van der Waals surface area contributed by atoms with E-state index in [1.165, 1.54) is 0 Å². The fourth-order valence-electron chi connectivity index (χ4n) is 2.32. The molecule has 1 N–H and O–H groups in total. The summed E-state index contributed by atoms with van der Waals surface area (Å²) >= 11 is 0. The van der Waals surface area contributed by atoms with Crippen LogP contribution in [0.5, 0.6) is 0 Å². The fourth-order valence-corrected chi connectivity index (χ4v) is 2.32. The zero-order valence-electron chi connectivity index (χ0n) is 10.5. The van der Waals surface area contributed by atoms with Crippen molar-refractivity contribution in [3.63, 3.8) is 0 Å². The van der Waals surface area contributed by atoms with Crippen LogP contribution >= 0.6 is 0 Å². The van der Waals surface area contributed by atoms with Gasteiger partial charge in [-0.25, -0.2) is 13.2 Å². The monoisotopic (exact) mass is 279 g/mol. The van der Waals surface area contributed by atoms with E-state index in [4.69, 9.17) is 4.74 Å². The van der Waals surface area contributed by atoms with Gasteiger partial charge < -0.3 is 10.1 Å². The van der Waals surface area contributed by atoms with Gasteiger partial charge in [0.15, 0.2) is 11.6 Å². The molecule has 0 fully saturated rings. The van der Waals surface area contributed by atoms with Crippen LogP contribution in [0.4, 0.5) is 18.9 Å². The molecule has 2 aromatic rings. The first-order valence-electron chi connectivity index (χ1n) is 6.22. The predicted octanol–water partition coefficient (Wildman–Crippen LogP) is 3.79. The number of nitrogens with one attached hydrogen (secondary N) is 1. The Labute approximate surface area is 114 Å². The molecule has 1 atom stereocenters. The average Bonchev–Trinajstić information content (AvgIpc) is 2.45. The molecule has 0 radical (unpaired) electrons. The van der Waals surface area contributed by atoms with Gasteiger partial charge in [0, 0.05) is 12.1 Å². The van der Waals surface area contributed by atoms with E-state index in [2.05, 4.69) is 5.32 Å². The summed E-state index contributed by atoms with van der Waals surface area (Å²) in [5.74, 6) is -3.11. The zero-order valence-corrected chi connectivity index (χ0v) is 10.5. The second-order valence-corrected chi connectivity index (χ2v) is 4.66. The third-order valence-electron chi connectivity index (χ3n) is 3.31. The Morgan fingerprint density at radius 1 is 1.00 bits per heavy atom. The maximum Gasteiger partial charge on any atom is 0.161 e. The highest BCUT2D eigenvalue weighted by Crippen LogP contribution is 2.29. The highest BCUT2D eigenvalue weighted by atomic mass is 19.2. The Bertz CT molecular complexity index is 645. The molecular formula is C15H12F3NO. The van der Waals surface area contributed by atoms with E-state index in [0.717, 1.165) is 17.2 Å². The molecule has 0 aromatic heterocycles. The van der Waals surface area contributed by atoms with Gasteiger partial charge in [0.1, 0.15) is 5.82 Å². The highest BCUT2D eigenvalue weighted by Gasteiger charge is 2.21. The zero-order chi connectivity index (χ0) is 14.1. The lowest BCUT2D eigenvalue weighted by atomic mass is 9.99. The average molecular weight is 279 g/mol. The lowest BCUT2D eigenvalue weighted by Gasteiger charge is -2.27. The van der Waals surface area contributed by atoms with E-state index in [9.17, 15) is 13.2 Å². The molecule has 20 heavy (non-hydrogen) atoms. The van der Waals surface area contributed by atoms with Crippen LogP contribution in [0.2, 0.25) is 0 Å². The fraction of sp³-hybridized carbons (Fsp3) is 0.200. The molecule has 1 aliphatic heterocycles. The van der Waals surface area contributed by atoms with Crippen molar-refractivity contribution >= 4 is 5.69 Å². The summed E-state index contributed by atoms with van der Waals surface area (Å²) in [4.78, 5) is 0. The maximum atomic E-state index is 13.7. The Balaban J connectivity index is 1.91. The number of benzene rings is 2. The second-order valence-electron chi connectivity index (χ2n) is 4.66. The van der Waals surface area contributed by atoms with Crippen LogP contribution in [0.15, 0.2) is 36.4 Å². The summed E-state index contributed by atoms with van der Waals surface area (Å²) in [6.07, 6.45) is 0. The van der Waals surface area contributed by atoms with E-state index in [1.54, 1.807) is 0 Å². The van der Waals surface area contributed by atoms with Crippen molar-refractivity contribution in [2.24, 2.45) is 0 Å². The third-order valence-corrected chi connectivity index (χ3v) is 3.31. The summed E-state index contributed by atoms with van der Waals surface area (Å²) in [6, 6.07) is 8.66. The minimum Gasteiger partial charge on any atom is -0.374 e. The van der Waals surface area contributed by atoms with Crippen LogP contribution in [0.25, 0.3) is 0 Å². The Hall–Kier alpha value is -2.01. The summed E-state index contributed by atoms with van der Waals surface area (Å²) in [5.41, 5.74) is 1.90. The third kappa shape index (κ3) is 2.36. The van der Waals surface area contributed by atoms with Crippen LogP contribution in [0.1, 0.15) is 17.2 Å². The summed E-state index contributed by atoms with van der Waals surface area (Å²) < 4.78 is 45.2. The first-order valence-corrected chi connectivity index (χ1v) is 6.22. The van der Waals surface area contributed by atoms with Gasteiger partial charge in [0.25, 0.3) is 0 Å². The first-order chi connectivity index (χ1) is 9.65. The molecule has 104 valence electrons. The molecule has 2 aromatic carbocycles. The SMILES string of the molecule is Fc1cc(F)c(NC2COCc3ccccc32)cc1F. The molecule has 1 aliphatic rings. The maximum absolute atomic E-state index is 13.7. The lowest BCUT2D eigenvalue weighted by Crippen LogP contribution is -2.23. The summed E-state index contributed by atoms with van der Waals surface area (Å²) in [7, 11) is 0. The van der Waals surface area contributed by atoms with Crippen molar-refractivity contribution in [3.05, 3.63) is 65.0 Å². The predicted molar refractivity (Wildman–Crippen MR) is 68.8 cm³/mol. The van der Waals surface area contributed by atoms with E-state index >= 15 is 0 Å². The Morgan fingerprint density at radius 3 is 2.60 bits per heavy atom. The molecule has 0 amide bonds. The van der Waals surface area contributed by atoms with Crippen molar-refractivity contribution in [2.75, 3.05) is 11.9 Å². The molecule has 1 unspecified atom stereocenters. The number of hydrogen-bond donors (Lipinski definition) is 1. The largest absolute Gasteiger partial charge is 0.374 e. The van der Waals surface area contributed by atoms with Crippen molar-refractivity contribution < 1.29 is 17.9 Å². The number of halogens is 3. The smallest absolute Gasteiger partial charge is 0.161 e. The van der Waals surface area contributed by atoms with Gasteiger partial charge in [-0.05, 0) is 11.1 Å². The summed E-state index contributed by atoms with van der Waals surface area (Å²) in [6.45, 7) is 0.837. The molecule has 0 saturated heterocycles. The van der Waals surface area contributed by atoms with Crippen LogP contribution in [-0.2, 0) is 11.3 Å². The van der Waals surface area contributed by atoms with E-state index < -0.39 is 17.5 Å². The van der Waals surface area contributed by atoms with Gasteiger partial charge in [-0.3, -0.25) is 0 Å². The number of anilines is 1. The molecule has 2 nitrogen and oxygen atoms in total. The van der Waals surface area contributed by atoms with Crippen LogP contribution < -0.4 is 5.32 Å². The number of ether oxygens (including phenoxy) is 1. The van der Waals surface area contributed by atoms with Crippen molar-refractivity contribution in [1.29, 1.82) is 0 Å². The minimum atomic E-state index is -1.20. The molecule has 5 heteroatoms. The van der Waals surface area contributed by atoms with Gasteiger partial charge in [-0.15, -0.1) is 0 Å². The van der Waals surface area contributed by atoms with Crippen molar-refractivity contribution in [2.45, 2.75) is 12.6 Å². The van der Waals surface area contributed by atoms with E-state index in [-0.39, 0.29) is 11.7 Å². The number of fused-ring (bicyclic) bond motifs is 1. The lowest BCUT2D eigenvalue weighted by molar-refractivity contribution is 0.0969. The normalized spacial score (nSPS) is 17.6. The van der Waals surface area contributed by atoms with Gasteiger partial charge >= 0.3 is 0 Å². The van der Waals surface area contributed by atoms with Gasteiger partial charge in [0.2, 0.25) is 0 Å². The molecule has 0 spiro atoms. The molecule has 1 heterocycles. The molecular weight excluding hydrogens is 267 g/mol. The van der Waals surface area contributed by atoms with E-state index in [0.29, 0.717) is 19.3 Å².